The van der Waals surface area contributed by atoms with Crippen molar-refractivity contribution in [3.63, 3.8) is 0 Å². The zero-order valence-corrected chi connectivity index (χ0v) is 17.3. The Balaban J connectivity index is 1.23. The van der Waals surface area contributed by atoms with Crippen LogP contribution in [0.4, 0.5) is 4.39 Å². The standard InChI is InChI=1S/C25H22ClFN2O/c26-21-4-8-25-20(11-21)12-23(28-25)15-29-10-9-18-13-24(7-3-19(18)14-29)30-16-17-1-5-22(27)6-2-17/h1-8,11-13,28H,9-10,14-16H2. The fourth-order valence-corrected chi connectivity index (χ4v) is 4.23. The monoisotopic (exact) mass is 420 g/mol. The van der Waals surface area contributed by atoms with E-state index in [9.17, 15) is 4.39 Å². The average molecular weight is 421 g/mol. The molecule has 0 saturated heterocycles. The largest absolute Gasteiger partial charge is 0.489 e. The van der Waals surface area contributed by atoms with E-state index in [4.69, 9.17) is 16.3 Å². The Morgan fingerprint density at radius 2 is 1.83 bits per heavy atom. The number of ether oxygens (including phenoxy) is 1. The molecule has 0 fully saturated rings. The Labute approximate surface area is 180 Å². The quantitative estimate of drug-likeness (QED) is 0.422. The smallest absolute Gasteiger partial charge is 0.123 e. The summed E-state index contributed by atoms with van der Waals surface area (Å²) in [4.78, 5) is 5.95. The molecule has 0 amide bonds. The number of hydrogen-bond acceptors (Lipinski definition) is 2. The van der Waals surface area contributed by atoms with E-state index in [1.165, 1.54) is 29.0 Å². The van der Waals surface area contributed by atoms with Crippen molar-refractivity contribution in [1.29, 1.82) is 0 Å². The Hall–Kier alpha value is -2.82. The minimum Gasteiger partial charge on any atom is -0.489 e. The molecule has 1 aliphatic rings. The van der Waals surface area contributed by atoms with E-state index in [1.54, 1.807) is 12.1 Å². The van der Waals surface area contributed by atoms with E-state index in [0.717, 1.165) is 53.3 Å². The van der Waals surface area contributed by atoms with Crippen LogP contribution in [0.2, 0.25) is 5.02 Å². The predicted molar refractivity (Wildman–Crippen MR) is 118 cm³/mol. The number of benzene rings is 3. The Morgan fingerprint density at radius 3 is 2.70 bits per heavy atom. The van der Waals surface area contributed by atoms with Crippen LogP contribution in [-0.4, -0.2) is 16.4 Å². The van der Waals surface area contributed by atoms with Gasteiger partial charge >= 0.3 is 0 Å². The summed E-state index contributed by atoms with van der Waals surface area (Å²) in [5.74, 6) is 0.632. The van der Waals surface area contributed by atoms with Gasteiger partial charge in [-0.1, -0.05) is 29.8 Å². The minimum atomic E-state index is -0.228. The van der Waals surface area contributed by atoms with Crippen molar-refractivity contribution in [2.75, 3.05) is 6.54 Å². The van der Waals surface area contributed by atoms with Crippen molar-refractivity contribution in [1.82, 2.24) is 9.88 Å². The molecule has 3 aromatic carbocycles. The number of halogens is 2. The Morgan fingerprint density at radius 1 is 0.967 bits per heavy atom. The Bertz CT molecular complexity index is 1190. The highest BCUT2D eigenvalue weighted by atomic mass is 35.5. The van der Waals surface area contributed by atoms with Gasteiger partial charge < -0.3 is 9.72 Å². The lowest BCUT2D eigenvalue weighted by Gasteiger charge is -2.28. The Kier molecular flexibility index (Phi) is 5.19. The summed E-state index contributed by atoms with van der Waals surface area (Å²) in [6.07, 6.45) is 0.995. The second-order valence-electron chi connectivity index (χ2n) is 7.83. The molecule has 152 valence electrons. The van der Waals surface area contributed by atoms with Crippen molar-refractivity contribution in [3.8, 4) is 5.75 Å². The van der Waals surface area contributed by atoms with Crippen LogP contribution in [0.5, 0.6) is 5.75 Å². The lowest BCUT2D eigenvalue weighted by molar-refractivity contribution is 0.242. The average Bonchev–Trinajstić information content (AvgIpc) is 3.14. The van der Waals surface area contributed by atoms with Gasteiger partial charge in [-0.25, -0.2) is 4.39 Å². The highest BCUT2D eigenvalue weighted by Crippen LogP contribution is 2.26. The van der Waals surface area contributed by atoms with Gasteiger partial charge in [0.1, 0.15) is 18.2 Å². The maximum absolute atomic E-state index is 13.0. The number of aromatic nitrogens is 1. The summed E-state index contributed by atoms with van der Waals surface area (Å²) in [5, 5.41) is 1.91. The third kappa shape index (κ3) is 4.20. The van der Waals surface area contributed by atoms with Crippen LogP contribution in [0.25, 0.3) is 10.9 Å². The van der Waals surface area contributed by atoms with Crippen LogP contribution in [-0.2, 0) is 26.1 Å². The third-order valence-corrected chi connectivity index (χ3v) is 5.86. The molecule has 1 aromatic heterocycles. The number of hydrogen-bond donors (Lipinski definition) is 1. The lowest BCUT2D eigenvalue weighted by Crippen LogP contribution is -2.30. The van der Waals surface area contributed by atoms with Crippen LogP contribution < -0.4 is 4.74 Å². The number of H-pyrrole nitrogens is 1. The summed E-state index contributed by atoms with van der Waals surface area (Å²) in [7, 11) is 0. The summed E-state index contributed by atoms with van der Waals surface area (Å²) in [5.41, 5.74) is 5.96. The summed E-state index contributed by atoms with van der Waals surface area (Å²) >= 11 is 6.10. The maximum atomic E-state index is 13.0. The van der Waals surface area contributed by atoms with Crippen LogP contribution in [0.15, 0.2) is 66.7 Å². The first kappa shape index (κ1) is 19.2. The second-order valence-corrected chi connectivity index (χ2v) is 8.27. The van der Waals surface area contributed by atoms with E-state index in [2.05, 4.69) is 28.1 Å². The van der Waals surface area contributed by atoms with Crippen molar-refractivity contribution < 1.29 is 9.13 Å². The molecule has 0 spiro atoms. The van der Waals surface area contributed by atoms with E-state index in [-0.39, 0.29) is 5.82 Å². The molecular formula is C25H22ClFN2O. The molecular weight excluding hydrogens is 399 g/mol. The summed E-state index contributed by atoms with van der Waals surface area (Å²) in [6.45, 7) is 3.25. The van der Waals surface area contributed by atoms with E-state index < -0.39 is 0 Å². The molecule has 0 unspecified atom stereocenters. The van der Waals surface area contributed by atoms with Gasteiger partial charge in [-0.05, 0) is 71.6 Å². The molecule has 0 aliphatic carbocycles. The van der Waals surface area contributed by atoms with Crippen LogP contribution in [0, 0.1) is 5.82 Å². The molecule has 4 aromatic rings. The number of rotatable bonds is 5. The van der Waals surface area contributed by atoms with Gasteiger partial charge in [-0.15, -0.1) is 0 Å². The molecule has 0 atom stereocenters. The molecule has 1 N–H and O–H groups in total. The molecule has 2 heterocycles. The van der Waals surface area contributed by atoms with Crippen LogP contribution >= 0.6 is 11.6 Å². The van der Waals surface area contributed by atoms with Gasteiger partial charge in [-0.2, -0.15) is 0 Å². The number of nitrogens with one attached hydrogen (secondary N) is 1. The number of fused-ring (bicyclic) bond motifs is 2. The van der Waals surface area contributed by atoms with E-state index in [1.807, 2.05) is 24.3 Å². The first-order valence-corrected chi connectivity index (χ1v) is 10.5. The molecule has 0 bridgehead atoms. The normalized spacial score (nSPS) is 14.1. The van der Waals surface area contributed by atoms with Gasteiger partial charge in [0.15, 0.2) is 0 Å². The SMILES string of the molecule is Fc1ccc(COc2ccc3c(c2)CCN(Cc2cc4cc(Cl)ccc4[nH]2)C3)cc1. The summed E-state index contributed by atoms with van der Waals surface area (Å²) in [6, 6.07) is 20.9. The van der Waals surface area contributed by atoms with Crippen molar-refractivity contribution in [2.45, 2.75) is 26.1 Å². The molecule has 3 nitrogen and oxygen atoms in total. The maximum Gasteiger partial charge on any atom is 0.123 e. The van der Waals surface area contributed by atoms with Crippen LogP contribution in [0.3, 0.4) is 0 Å². The van der Waals surface area contributed by atoms with Gasteiger partial charge in [0.25, 0.3) is 0 Å². The van der Waals surface area contributed by atoms with Gasteiger partial charge in [-0.3, -0.25) is 4.90 Å². The second kappa shape index (κ2) is 8.13. The zero-order chi connectivity index (χ0) is 20.5. The molecule has 5 heteroatoms. The van der Waals surface area contributed by atoms with Gasteiger partial charge in [0.2, 0.25) is 0 Å². The molecule has 0 radical (unpaired) electrons. The third-order valence-electron chi connectivity index (χ3n) is 5.62. The fraction of sp³-hybridized carbons (Fsp3) is 0.200. The molecule has 1 aliphatic heterocycles. The summed E-state index contributed by atoms with van der Waals surface area (Å²) < 4.78 is 18.9. The first-order valence-electron chi connectivity index (χ1n) is 10.1. The van der Waals surface area contributed by atoms with E-state index >= 15 is 0 Å². The molecule has 5 rings (SSSR count). The minimum absolute atomic E-state index is 0.228. The fourth-order valence-electron chi connectivity index (χ4n) is 4.05. The first-order chi connectivity index (χ1) is 14.6. The van der Waals surface area contributed by atoms with Crippen LogP contribution in [0.1, 0.15) is 22.4 Å². The predicted octanol–water partition coefficient (Wildman–Crippen LogP) is 6.10. The van der Waals surface area contributed by atoms with Crippen molar-refractivity contribution >= 4 is 22.5 Å². The highest BCUT2D eigenvalue weighted by molar-refractivity contribution is 6.31. The topological polar surface area (TPSA) is 28.3 Å². The van der Waals surface area contributed by atoms with Gasteiger partial charge in [0, 0.05) is 41.3 Å². The lowest BCUT2D eigenvalue weighted by atomic mass is 9.99. The zero-order valence-electron chi connectivity index (χ0n) is 16.5. The highest BCUT2D eigenvalue weighted by Gasteiger charge is 2.18. The van der Waals surface area contributed by atoms with E-state index in [0.29, 0.717) is 6.61 Å². The van der Waals surface area contributed by atoms with Gasteiger partial charge in [0.05, 0.1) is 0 Å². The molecule has 30 heavy (non-hydrogen) atoms. The number of aromatic amines is 1. The van der Waals surface area contributed by atoms with Crippen molar-refractivity contribution in [3.05, 3.63) is 100.0 Å². The molecule has 0 saturated carbocycles. The van der Waals surface area contributed by atoms with Crippen molar-refractivity contribution in [2.24, 2.45) is 0 Å². The number of nitrogens with zero attached hydrogens (tertiary/aromatic N) is 1.